The highest BCUT2D eigenvalue weighted by Gasteiger charge is 2.29. The summed E-state index contributed by atoms with van der Waals surface area (Å²) in [5.41, 5.74) is 2.02. The number of nitrogens with one attached hydrogen (secondary N) is 1. The molecule has 0 aromatic carbocycles. The molecule has 1 fully saturated rings. The molecule has 1 N–H and O–H groups in total. The van der Waals surface area contributed by atoms with Crippen molar-refractivity contribution in [3.63, 3.8) is 0 Å². The SMILES string of the molecule is COC(=O)C(CC(C)(C)C)NC(=O)c1cc2c(n(CC3CCCCC3)c1=O)CCCCCC2. The minimum absolute atomic E-state index is 0.160. The van der Waals surface area contributed by atoms with Crippen LogP contribution in [-0.4, -0.2) is 29.6 Å². The number of methoxy groups -OCH3 is 1. The molecule has 6 heteroatoms. The van der Waals surface area contributed by atoms with Crippen molar-refractivity contribution in [2.75, 3.05) is 7.11 Å². The van der Waals surface area contributed by atoms with Gasteiger partial charge in [0.25, 0.3) is 11.5 Å². The smallest absolute Gasteiger partial charge is 0.328 e. The fourth-order valence-corrected chi connectivity index (χ4v) is 5.40. The number of hydrogen-bond donors (Lipinski definition) is 1. The number of nitrogens with zero attached hydrogens (tertiary/aromatic N) is 1. The van der Waals surface area contributed by atoms with Gasteiger partial charge < -0.3 is 14.6 Å². The van der Waals surface area contributed by atoms with E-state index in [1.807, 2.05) is 25.3 Å². The van der Waals surface area contributed by atoms with Crippen molar-refractivity contribution in [3.8, 4) is 0 Å². The van der Waals surface area contributed by atoms with Crippen LogP contribution in [0.4, 0.5) is 0 Å². The Bertz CT molecular complexity index is 891. The van der Waals surface area contributed by atoms with E-state index in [0.29, 0.717) is 18.9 Å². The van der Waals surface area contributed by atoms with Crippen LogP contribution in [0, 0.1) is 11.3 Å². The average Bonchev–Trinajstić information content (AvgIpc) is 2.75. The van der Waals surface area contributed by atoms with Crippen LogP contribution in [0.15, 0.2) is 10.9 Å². The Kier molecular flexibility index (Phi) is 8.77. The Morgan fingerprint density at radius 2 is 1.70 bits per heavy atom. The molecule has 0 spiro atoms. The molecule has 0 saturated heterocycles. The number of ether oxygens (including phenoxy) is 1. The summed E-state index contributed by atoms with van der Waals surface area (Å²) in [6.45, 7) is 6.73. The van der Waals surface area contributed by atoms with Gasteiger partial charge in [-0.15, -0.1) is 0 Å². The number of esters is 1. The predicted molar refractivity (Wildman–Crippen MR) is 130 cm³/mol. The molecule has 1 unspecified atom stereocenters. The van der Waals surface area contributed by atoms with Gasteiger partial charge in [-0.1, -0.05) is 52.9 Å². The van der Waals surface area contributed by atoms with Gasteiger partial charge in [-0.25, -0.2) is 4.79 Å². The molecule has 0 aliphatic heterocycles. The molecule has 1 atom stereocenters. The van der Waals surface area contributed by atoms with Gasteiger partial charge in [-0.2, -0.15) is 0 Å². The Hall–Kier alpha value is -2.11. The molecule has 184 valence electrons. The van der Waals surface area contributed by atoms with Gasteiger partial charge in [-0.05, 0) is 67.9 Å². The lowest BCUT2D eigenvalue weighted by molar-refractivity contribution is -0.143. The first-order valence-corrected chi connectivity index (χ1v) is 12.8. The van der Waals surface area contributed by atoms with E-state index >= 15 is 0 Å². The highest BCUT2D eigenvalue weighted by atomic mass is 16.5. The average molecular weight is 459 g/mol. The number of carbonyl (C=O) groups excluding carboxylic acids is 2. The summed E-state index contributed by atoms with van der Waals surface area (Å²) in [7, 11) is 1.33. The molecule has 1 aromatic rings. The number of rotatable bonds is 6. The molecular formula is C27H42N2O4. The molecule has 1 heterocycles. The second-order valence-electron chi connectivity index (χ2n) is 11.2. The van der Waals surface area contributed by atoms with E-state index < -0.39 is 17.9 Å². The lowest BCUT2D eigenvalue weighted by Crippen LogP contribution is -2.46. The van der Waals surface area contributed by atoms with Crippen LogP contribution in [0.1, 0.15) is 107 Å². The third-order valence-electron chi connectivity index (χ3n) is 7.12. The Labute approximate surface area is 198 Å². The van der Waals surface area contributed by atoms with Gasteiger partial charge in [0.1, 0.15) is 11.6 Å². The maximum absolute atomic E-state index is 13.6. The van der Waals surface area contributed by atoms with Crippen LogP contribution in [0.25, 0.3) is 0 Å². The molecule has 2 aliphatic carbocycles. The molecule has 1 amide bonds. The van der Waals surface area contributed by atoms with E-state index in [2.05, 4.69) is 5.32 Å². The number of pyridine rings is 1. The van der Waals surface area contributed by atoms with Crippen molar-refractivity contribution in [2.45, 2.75) is 110 Å². The molecule has 1 aromatic heterocycles. The second-order valence-corrected chi connectivity index (χ2v) is 11.2. The Morgan fingerprint density at radius 1 is 1.06 bits per heavy atom. The van der Waals surface area contributed by atoms with E-state index in [9.17, 15) is 14.4 Å². The standard InChI is InChI=1S/C27H42N2O4/c1-27(2,3)17-22(26(32)33-4)28-24(30)21-16-20-14-10-5-6-11-15-23(20)29(25(21)31)18-19-12-8-7-9-13-19/h16,19,22H,5-15,17-18H2,1-4H3,(H,28,30). The highest BCUT2D eigenvalue weighted by molar-refractivity contribution is 5.96. The van der Waals surface area contributed by atoms with Crippen LogP contribution in [0.2, 0.25) is 0 Å². The van der Waals surface area contributed by atoms with Crippen molar-refractivity contribution in [1.82, 2.24) is 9.88 Å². The number of hydrogen-bond acceptors (Lipinski definition) is 4. The van der Waals surface area contributed by atoms with Crippen molar-refractivity contribution in [3.05, 3.63) is 33.2 Å². The van der Waals surface area contributed by atoms with Crippen LogP contribution < -0.4 is 10.9 Å². The molecule has 6 nitrogen and oxygen atoms in total. The highest BCUT2D eigenvalue weighted by Crippen LogP contribution is 2.27. The minimum atomic E-state index is -0.782. The van der Waals surface area contributed by atoms with E-state index in [1.165, 1.54) is 39.2 Å². The van der Waals surface area contributed by atoms with Crippen LogP contribution in [0.3, 0.4) is 0 Å². The first-order valence-electron chi connectivity index (χ1n) is 12.8. The van der Waals surface area contributed by atoms with Crippen LogP contribution in [-0.2, 0) is 28.9 Å². The van der Waals surface area contributed by atoms with E-state index in [0.717, 1.165) is 49.8 Å². The maximum atomic E-state index is 13.6. The third kappa shape index (κ3) is 6.94. The summed E-state index contributed by atoms with van der Waals surface area (Å²) >= 11 is 0. The topological polar surface area (TPSA) is 77.4 Å². The zero-order chi connectivity index (χ0) is 24.0. The fourth-order valence-electron chi connectivity index (χ4n) is 5.40. The third-order valence-corrected chi connectivity index (χ3v) is 7.12. The number of carbonyl (C=O) groups is 2. The summed E-state index contributed by atoms with van der Waals surface area (Å²) in [5.74, 6) is -0.457. The van der Waals surface area contributed by atoms with Crippen molar-refractivity contribution >= 4 is 11.9 Å². The van der Waals surface area contributed by atoms with Gasteiger partial charge in [0.2, 0.25) is 0 Å². The number of aryl methyl sites for hydroxylation is 1. The summed E-state index contributed by atoms with van der Waals surface area (Å²) in [4.78, 5) is 39.3. The number of fused-ring (bicyclic) bond motifs is 1. The van der Waals surface area contributed by atoms with Gasteiger partial charge in [-0.3, -0.25) is 9.59 Å². The van der Waals surface area contributed by atoms with Crippen molar-refractivity contribution in [2.24, 2.45) is 11.3 Å². The van der Waals surface area contributed by atoms with Crippen LogP contribution >= 0.6 is 0 Å². The van der Waals surface area contributed by atoms with E-state index in [-0.39, 0.29) is 16.5 Å². The second kappa shape index (κ2) is 11.3. The monoisotopic (exact) mass is 458 g/mol. The molecule has 0 radical (unpaired) electrons. The molecule has 1 saturated carbocycles. The molecule has 2 aliphatic rings. The summed E-state index contributed by atoms with van der Waals surface area (Å²) in [6.07, 6.45) is 12.7. The van der Waals surface area contributed by atoms with Gasteiger partial charge >= 0.3 is 5.97 Å². The predicted octanol–water partition coefficient (Wildman–Crippen LogP) is 4.80. The maximum Gasteiger partial charge on any atom is 0.328 e. The van der Waals surface area contributed by atoms with Crippen molar-refractivity contribution < 1.29 is 14.3 Å². The van der Waals surface area contributed by atoms with Gasteiger partial charge in [0.15, 0.2) is 0 Å². The first-order chi connectivity index (χ1) is 15.7. The van der Waals surface area contributed by atoms with E-state index in [4.69, 9.17) is 4.74 Å². The van der Waals surface area contributed by atoms with E-state index in [1.54, 1.807) is 6.07 Å². The molecule has 0 bridgehead atoms. The zero-order valence-electron chi connectivity index (χ0n) is 21.0. The fraction of sp³-hybridized carbons (Fsp3) is 0.741. The van der Waals surface area contributed by atoms with Gasteiger partial charge in [0.05, 0.1) is 7.11 Å². The largest absolute Gasteiger partial charge is 0.467 e. The zero-order valence-corrected chi connectivity index (χ0v) is 21.0. The van der Waals surface area contributed by atoms with Crippen molar-refractivity contribution in [1.29, 1.82) is 0 Å². The number of aromatic nitrogens is 1. The minimum Gasteiger partial charge on any atom is -0.467 e. The normalized spacial score (nSPS) is 18.5. The lowest BCUT2D eigenvalue weighted by atomic mass is 9.87. The lowest BCUT2D eigenvalue weighted by Gasteiger charge is -2.27. The van der Waals surface area contributed by atoms with Crippen LogP contribution in [0.5, 0.6) is 0 Å². The summed E-state index contributed by atoms with van der Waals surface area (Å²) in [6, 6.07) is 1.02. The Morgan fingerprint density at radius 3 is 2.33 bits per heavy atom. The first kappa shape index (κ1) is 25.5. The Balaban J connectivity index is 1.96. The molecule has 33 heavy (non-hydrogen) atoms. The van der Waals surface area contributed by atoms with Gasteiger partial charge in [0, 0.05) is 12.2 Å². The summed E-state index contributed by atoms with van der Waals surface area (Å²) < 4.78 is 6.85. The molecular weight excluding hydrogens is 416 g/mol. The summed E-state index contributed by atoms with van der Waals surface area (Å²) in [5, 5.41) is 2.82. The molecule has 3 rings (SSSR count). The quantitative estimate of drug-likeness (QED) is 0.622. The number of amides is 1.